The summed E-state index contributed by atoms with van der Waals surface area (Å²) >= 11 is 0. The smallest absolute Gasteiger partial charge is 0.326 e. The molecular weight excluding hydrogens is 1580 g/mol. The molecule has 0 aromatic carbocycles. The maximum atomic E-state index is 14.3. The lowest BCUT2D eigenvalue weighted by molar-refractivity contribution is -0.143. The Hall–Kier alpha value is -11.3. The molecule has 0 spiro atoms. The van der Waals surface area contributed by atoms with E-state index in [1.807, 2.05) is 6.92 Å². The zero-order valence-electron chi connectivity index (χ0n) is 69.2. The number of guanidine groups is 1. The number of aliphatic carboxylic acids is 3. The molecule has 1 aromatic rings. The molecule has 0 radical (unpaired) electrons. The van der Waals surface area contributed by atoms with Crippen molar-refractivity contribution in [3.8, 4) is 0 Å². The Balaban J connectivity index is 3.54. The lowest BCUT2D eigenvalue weighted by Crippen LogP contribution is -2.61. The van der Waals surface area contributed by atoms with Crippen LogP contribution in [0.5, 0.6) is 0 Å². The third kappa shape index (κ3) is 41.9. The molecule has 34 N–H and O–H groups in total. The number of nitrogens with one attached hydrogen (secondary N) is 15. The molecular formula is C73H128N24O23. The van der Waals surface area contributed by atoms with Gasteiger partial charge in [0, 0.05) is 31.3 Å². The fourth-order valence-electron chi connectivity index (χ4n) is 11.6. The summed E-state index contributed by atoms with van der Waals surface area (Å²) in [5, 5.41) is 83.3. The monoisotopic (exact) mass is 1710 g/mol. The van der Waals surface area contributed by atoms with Gasteiger partial charge in [-0.2, -0.15) is 0 Å². The molecule has 47 nitrogen and oxygen atoms in total. The largest absolute Gasteiger partial charge is 0.481 e. The highest BCUT2D eigenvalue weighted by atomic mass is 16.4. The molecule has 678 valence electrons. The molecule has 120 heavy (non-hydrogen) atoms. The third-order valence-corrected chi connectivity index (χ3v) is 18.6. The number of nitrogens with two attached hydrogens (primary N) is 7. The summed E-state index contributed by atoms with van der Waals surface area (Å²) in [6.07, 6.45) is 0.0623. The van der Waals surface area contributed by atoms with Gasteiger partial charge in [-0.15, -0.1) is 0 Å². The number of carboxylic acid groups (broad SMARTS) is 3. The second-order valence-corrected chi connectivity index (χ2v) is 29.9. The van der Waals surface area contributed by atoms with E-state index in [9.17, 15) is 112 Å². The number of H-pyrrole nitrogens is 1. The molecule has 0 saturated carbocycles. The molecule has 16 atom stereocenters. The van der Waals surface area contributed by atoms with Crippen molar-refractivity contribution in [3.05, 3.63) is 18.2 Å². The zero-order valence-corrected chi connectivity index (χ0v) is 69.2. The van der Waals surface area contributed by atoms with Gasteiger partial charge in [0.2, 0.25) is 88.6 Å². The number of hydrogen-bond acceptors (Lipinski definition) is 26. The third-order valence-electron chi connectivity index (χ3n) is 18.6. The van der Waals surface area contributed by atoms with Gasteiger partial charge in [-0.1, -0.05) is 48.0 Å². The normalized spacial score (nSPS) is 15.2. The van der Waals surface area contributed by atoms with E-state index in [2.05, 4.69) is 89.4 Å². The molecule has 47 heteroatoms. The van der Waals surface area contributed by atoms with Gasteiger partial charge in [0.1, 0.15) is 84.6 Å². The minimum Gasteiger partial charge on any atom is -0.481 e. The van der Waals surface area contributed by atoms with Gasteiger partial charge in [-0.25, -0.2) is 9.78 Å². The maximum Gasteiger partial charge on any atom is 0.326 e. The number of imidazole rings is 1. The summed E-state index contributed by atoms with van der Waals surface area (Å²) in [4.78, 5) is 254. The number of aromatic nitrogens is 2. The molecule has 0 saturated heterocycles. The van der Waals surface area contributed by atoms with Gasteiger partial charge in [-0.3, -0.25) is 86.5 Å². The number of carboxylic acids is 3. The summed E-state index contributed by atoms with van der Waals surface area (Å²) in [5.41, 5.74) is 40.0. The Morgan fingerprint density at radius 3 is 1.12 bits per heavy atom. The molecule has 0 aliphatic heterocycles. The van der Waals surface area contributed by atoms with Gasteiger partial charge in [0.05, 0.1) is 38.4 Å². The molecule has 0 aliphatic carbocycles. The number of hydrogen-bond donors (Lipinski definition) is 27. The van der Waals surface area contributed by atoms with Crippen LogP contribution >= 0.6 is 0 Å². The van der Waals surface area contributed by atoms with E-state index in [0.717, 1.165) is 6.92 Å². The van der Waals surface area contributed by atoms with Gasteiger partial charge >= 0.3 is 17.9 Å². The van der Waals surface area contributed by atoms with Crippen LogP contribution in [0.1, 0.15) is 177 Å². The number of aliphatic hydroxyl groups is 2. The fraction of sp³-hybridized carbons (Fsp3) is 0.699. The fourth-order valence-corrected chi connectivity index (χ4v) is 11.6. The van der Waals surface area contributed by atoms with E-state index in [1.54, 1.807) is 34.6 Å². The van der Waals surface area contributed by atoms with Gasteiger partial charge in [0.25, 0.3) is 0 Å². The Bertz CT molecular complexity index is 3570. The van der Waals surface area contributed by atoms with Crippen LogP contribution in [0, 0.1) is 17.8 Å². The van der Waals surface area contributed by atoms with E-state index < -0.39 is 236 Å². The summed E-state index contributed by atoms with van der Waals surface area (Å²) in [6.45, 7) is 10.7. The van der Waals surface area contributed by atoms with Crippen molar-refractivity contribution in [2.75, 3.05) is 39.4 Å². The van der Waals surface area contributed by atoms with Crippen molar-refractivity contribution in [2.24, 2.45) is 62.9 Å². The number of aliphatic hydroxyl groups excluding tert-OH is 2. The van der Waals surface area contributed by atoms with Crippen LogP contribution in [0.4, 0.5) is 0 Å². The minimum absolute atomic E-state index is 0.0134. The maximum absolute atomic E-state index is 14.3. The zero-order chi connectivity index (χ0) is 91.1. The number of primary amides is 1. The second-order valence-electron chi connectivity index (χ2n) is 29.9. The molecule has 1 aromatic heterocycles. The summed E-state index contributed by atoms with van der Waals surface area (Å²) in [6, 6.07) is -24.2. The molecule has 1 rings (SSSR count). The van der Waals surface area contributed by atoms with E-state index in [-0.39, 0.29) is 139 Å². The predicted molar refractivity (Wildman–Crippen MR) is 430 cm³/mol. The summed E-state index contributed by atoms with van der Waals surface area (Å²) in [5.74, 6) is -21.8. The van der Waals surface area contributed by atoms with Crippen molar-refractivity contribution in [2.45, 2.75) is 268 Å². The molecule has 0 fully saturated rings. The van der Waals surface area contributed by atoms with E-state index >= 15 is 0 Å². The van der Waals surface area contributed by atoms with Crippen LogP contribution in [-0.4, -0.2) is 278 Å². The number of nitrogens with zero attached hydrogens (tertiary/aromatic N) is 2. The Morgan fingerprint density at radius 1 is 0.400 bits per heavy atom. The average molecular weight is 1710 g/mol. The topological polar surface area (TPSA) is 800 Å². The molecule has 0 bridgehead atoms. The van der Waals surface area contributed by atoms with Crippen molar-refractivity contribution in [3.63, 3.8) is 0 Å². The number of unbranched alkanes of at least 4 members (excludes halogenated alkanes) is 3. The first-order valence-electron chi connectivity index (χ1n) is 39.8. The van der Waals surface area contributed by atoms with Gasteiger partial charge in [-0.05, 0) is 141 Å². The van der Waals surface area contributed by atoms with Crippen molar-refractivity contribution in [1.82, 2.24) is 84.4 Å². The Morgan fingerprint density at radius 2 is 0.733 bits per heavy atom. The number of carbonyl (C=O) groups is 18. The quantitative estimate of drug-likeness (QED) is 0.0164. The first kappa shape index (κ1) is 107. The van der Waals surface area contributed by atoms with Gasteiger partial charge in [0.15, 0.2) is 5.96 Å². The summed E-state index contributed by atoms with van der Waals surface area (Å²) in [7, 11) is 0. The second kappa shape index (κ2) is 57.0. The van der Waals surface area contributed by atoms with E-state index in [0.29, 0.717) is 12.8 Å². The van der Waals surface area contributed by atoms with Crippen molar-refractivity contribution < 1.29 is 112 Å². The predicted octanol–water partition coefficient (Wildman–Crippen LogP) is -9.03. The number of amides is 15. The SMILES string of the molecule is CC[C@H](C)[C@H](N)C(=O)N[C@@H](CCCN=C(N)N)C(=O)N[C@@H](CC(C)C)C(=O)N[C@@H](Cc1cnc[nH]1)C(=O)N[C@@H](CO)C(=O)N[C@@H](CC(=O)O)C(=O)N[C@@H](C)C(=O)N[C@@H](CO)C(=O)N[C@@H](CCCCN)C(=O)N[C@@H](CC(N)=O)C(=O)N[C@@H](CCCCN)C(=O)N[C@@H](CCC(=O)O)C(=O)N[C@@H](CCCCN)C(=O)N[C@@H](C)C(=O)N[C@@H](CC(C)C)C(=O)O. The Kier molecular flexibility index (Phi) is 50.7. The molecule has 15 amide bonds. The van der Waals surface area contributed by atoms with Crippen LogP contribution < -0.4 is 115 Å². The van der Waals surface area contributed by atoms with Crippen LogP contribution in [0.25, 0.3) is 0 Å². The minimum atomic E-state index is -2.09. The highest BCUT2D eigenvalue weighted by molar-refractivity contribution is 6.01. The highest BCUT2D eigenvalue weighted by Gasteiger charge is 2.39. The number of aliphatic imine (C=N–C) groups is 1. The lowest BCUT2D eigenvalue weighted by atomic mass is 9.98. The molecule has 0 aliphatic rings. The number of carbonyl (C=O) groups excluding carboxylic acids is 15. The van der Waals surface area contributed by atoms with E-state index in [1.165, 1.54) is 19.4 Å². The number of aromatic amines is 1. The molecule has 1 heterocycles. The standard InChI is InChI=1S/C73H128N24O23/c1-9-38(6)57(78)71(118)90-45(20-16-26-82-73(79)80)63(110)91-47(27-36(2)3)66(113)92-48(29-41-32-81-35-83-41)67(114)97-53(34-99)70(117)94-50(31-56(103)104)65(112)85-40(8)59(106)96-52(33-98)69(116)88-44(19-12-15-25-76)62(109)93-49(30-54(77)100)68(115)87-43(18-11-14-24-75)61(108)89-46(21-22-55(101)102)64(111)86-42(17-10-13-23-74)60(107)84-39(7)58(105)95-51(72(119)120)28-37(4)5/h32,35-40,42-53,57,98-99H,9-31,33-34,74-76,78H2,1-8H3,(H2,77,100)(H,81,83)(H,84,107)(H,85,112)(H,86,111)(H,87,115)(H,88,116)(H,89,108)(H,90,118)(H,91,110)(H,92,113)(H,93,109)(H,94,117)(H,95,105)(H,96,106)(H,97,114)(H,101,102)(H,103,104)(H,119,120)(H4,79,80,82)/t38-,39-,40-,42-,43-,44-,45-,46-,47-,48-,49-,50-,51-,52-,53-,57-/m0/s1. The van der Waals surface area contributed by atoms with Crippen molar-refractivity contribution >= 4 is 112 Å². The van der Waals surface area contributed by atoms with Crippen LogP contribution in [0.3, 0.4) is 0 Å². The van der Waals surface area contributed by atoms with Crippen molar-refractivity contribution in [1.29, 1.82) is 0 Å². The van der Waals surface area contributed by atoms with Gasteiger partial charge < -0.3 is 145 Å². The first-order chi connectivity index (χ1) is 56.5. The van der Waals surface area contributed by atoms with Crippen LogP contribution in [0.15, 0.2) is 17.5 Å². The van der Waals surface area contributed by atoms with Crippen LogP contribution in [-0.2, 0) is 92.7 Å². The first-order valence-corrected chi connectivity index (χ1v) is 39.8. The van der Waals surface area contributed by atoms with Crippen LogP contribution in [0.2, 0.25) is 0 Å². The lowest BCUT2D eigenvalue weighted by Gasteiger charge is -2.28. The average Bonchev–Trinajstić information content (AvgIpc) is 1.64. The number of rotatable bonds is 62. The highest BCUT2D eigenvalue weighted by Crippen LogP contribution is 2.15. The molecule has 0 unspecified atom stereocenters. The van der Waals surface area contributed by atoms with E-state index in [4.69, 9.17) is 40.1 Å². The summed E-state index contributed by atoms with van der Waals surface area (Å²) < 4.78 is 0. The Labute approximate surface area is 694 Å².